The van der Waals surface area contributed by atoms with Crippen LogP contribution < -0.4 is 0 Å². The Morgan fingerprint density at radius 3 is 2.46 bits per heavy atom. The van der Waals surface area contributed by atoms with Crippen LogP contribution in [0.3, 0.4) is 0 Å². The first kappa shape index (κ1) is 18.9. The fourth-order valence-corrected chi connectivity index (χ4v) is 3.80. The van der Waals surface area contributed by atoms with Crippen molar-refractivity contribution in [2.24, 2.45) is 0 Å². The van der Waals surface area contributed by atoms with E-state index in [-0.39, 0.29) is 12.1 Å². The summed E-state index contributed by atoms with van der Waals surface area (Å²) in [6.45, 7) is 8.59. The van der Waals surface area contributed by atoms with Gasteiger partial charge in [0.05, 0.1) is 0 Å². The van der Waals surface area contributed by atoms with Crippen molar-refractivity contribution < 1.29 is 8.78 Å². The van der Waals surface area contributed by atoms with E-state index >= 15 is 0 Å². The van der Waals surface area contributed by atoms with Gasteiger partial charge in [-0.15, -0.1) is 0 Å². The molecule has 140 valence electrons. The first-order valence-electron chi connectivity index (χ1n) is 9.63. The summed E-state index contributed by atoms with van der Waals surface area (Å²) in [5.74, 6) is -1.70. The largest absolute Gasteiger partial charge is 0.290 e. The number of halogens is 2. The zero-order valence-corrected chi connectivity index (χ0v) is 16.1. The molecule has 0 saturated heterocycles. The highest BCUT2D eigenvalue weighted by Crippen LogP contribution is 2.40. The molecule has 0 unspecified atom stereocenters. The van der Waals surface area contributed by atoms with Crippen LogP contribution in [-0.2, 0) is 25.2 Å². The maximum Gasteiger partial charge on any atom is 0.290 e. The molecule has 0 spiro atoms. The van der Waals surface area contributed by atoms with Crippen LogP contribution in [0.5, 0.6) is 0 Å². The molecular formula is C22H28F2N2. The molecule has 2 aliphatic carbocycles. The molecule has 2 aromatic heterocycles. The minimum Gasteiger partial charge on any atom is -0.261 e. The van der Waals surface area contributed by atoms with Crippen LogP contribution in [0.2, 0.25) is 0 Å². The lowest BCUT2D eigenvalue weighted by Gasteiger charge is -2.10. The van der Waals surface area contributed by atoms with Gasteiger partial charge in [-0.2, -0.15) is 8.78 Å². The van der Waals surface area contributed by atoms with Crippen LogP contribution in [0.25, 0.3) is 0 Å². The minimum atomic E-state index is -2.70. The van der Waals surface area contributed by atoms with Crippen LogP contribution in [-0.4, -0.2) is 9.97 Å². The van der Waals surface area contributed by atoms with Gasteiger partial charge >= 0.3 is 0 Å². The number of nitrogens with zero attached hydrogens (tertiary/aromatic N) is 2. The maximum absolute atomic E-state index is 13.2. The summed E-state index contributed by atoms with van der Waals surface area (Å²) in [7, 11) is 0. The zero-order chi connectivity index (χ0) is 18.9. The Morgan fingerprint density at radius 1 is 1.00 bits per heavy atom. The van der Waals surface area contributed by atoms with Gasteiger partial charge in [-0.25, -0.2) is 0 Å². The highest BCUT2D eigenvalue weighted by atomic mass is 19.3. The molecule has 0 amide bonds. The SMILES string of the molecule is CC(C)c1ccnc2c1CCC2.CC(C)c1cnc2c(c1)CCC2(F)F. The summed E-state index contributed by atoms with van der Waals surface area (Å²) in [5.41, 5.74) is 6.15. The zero-order valence-electron chi connectivity index (χ0n) is 16.1. The second-order valence-electron chi connectivity index (χ2n) is 7.97. The van der Waals surface area contributed by atoms with E-state index in [1.54, 1.807) is 6.20 Å². The number of pyridine rings is 2. The number of hydrogen-bond acceptors (Lipinski definition) is 2. The van der Waals surface area contributed by atoms with Gasteiger partial charge < -0.3 is 0 Å². The number of alkyl halides is 2. The smallest absolute Gasteiger partial charge is 0.261 e. The number of fused-ring (bicyclic) bond motifs is 2. The summed E-state index contributed by atoms with van der Waals surface area (Å²) in [5, 5.41) is 0. The highest BCUT2D eigenvalue weighted by molar-refractivity contribution is 5.35. The van der Waals surface area contributed by atoms with Gasteiger partial charge in [0.1, 0.15) is 5.69 Å². The molecule has 2 heterocycles. The Balaban J connectivity index is 0.000000152. The van der Waals surface area contributed by atoms with Crippen molar-refractivity contribution in [2.45, 2.75) is 77.6 Å². The van der Waals surface area contributed by atoms with Crippen molar-refractivity contribution in [3.63, 3.8) is 0 Å². The Morgan fingerprint density at radius 2 is 1.77 bits per heavy atom. The molecule has 26 heavy (non-hydrogen) atoms. The standard InChI is InChI=1S/C11H13F2N.C11H15N/c1-7(2)9-5-8-3-4-11(12,13)10(8)14-6-9;1-8(2)9-6-7-12-11-5-3-4-10(9)11/h5-7H,3-4H2,1-2H3;6-8H,3-5H2,1-2H3. The third-order valence-electron chi connectivity index (χ3n) is 5.35. The lowest BCUT2D eigenvalue weighted by molar-refractivity contribution is -0.00594. The second kappa shape index (κ2) is 7.42. The molecule has 0 N–H and O–H groups in total. The highest BCUT2D eigenvalue weighted by Gasteiger charge is 2.40. The molecule has 0 aromatic carbocycles. The van der Waals surface area contributed by atoms with Gasteiger partial charge in [0.25, 0.3) is 5.92 Å². The van der Waals surface area contributed by atoms with Crippen molar-refractivity contribution >= 4 is 0 Å². The molecule has 0 fully saturated rings. The van der Waals surface area contributed by atoms with Gasteiger partial charge in [-0.1, -0.05) is 33.8 Å². The minimum absolute atomic E-state index is 0.0121. The molecule has 2 aromatic rings. The molecule has 2 nitrogen and oxygen atoms in total. The topological polar surface area (TPSA) is 25.8 Å². The number of aryl methyl sites for hydroxylation is 2. The van der Waals surface area contributed by atoms with Crippen LogP contribution in [0.15, 0.2) is 24.5 Å². The average molecular weight is 358 g/mol. The maximum atomic E-state index is 13.2. The second-order valence-corrected chi connectivity index (χ2v) is 7.97. The number of aromatic nitrogens is 2. The van der Waals surface area contributed by atoms with Gasteiger partial charge in [0, 0.05) is 24.5 Å². The molecule has 4 heteroatoms. The normalized spacial score (nSPS) is 17.1. The van der Waals surface area contributed by atoms with Gasteiger partial charge in [0.2, 0.25) is 0 Å². The van der Waals surface area contributed by atoms with E-state index in [9.17, 15) is 8.78 Å². The Hall–Kier alpha value is -1.84. The predicted octanol–water partition coefficient (Wildman–Crippen LogP) is 5.94. The molecule has 0 aliphatic heterocycles. The third kappa shape index (κ3) is 3.79. The molecule has 0 radical (unpaired) electrons. The quantitative estimate of drug-likeness (QED) is 0.664. The number of hydrogen-bond donors (Lipinski definition) is 0. The molecule has 0 bridgehead atoms. The summed E-state index contributed by atoms with van der Waals surface area (Å²) < 4.78 is 26.4. The van der Waals surface area contributed by atoms with Crippen molar-refractivity contribution in [3.8, 4) is 0 Å². The van der Waals surface area contributed by atoms with E-state index < -0.39 is 5.92 Å². The summed E-state index contributed by atoms with van der Waals surface area (Å²) in [4.78, 5) is 8.29. The summed E-state index contributed by atoms with van der Waals surface area (Å²) in [6, 6.07) is 4.04. The molecule has 0 atom stereocenters. The fraction of sp³-hybridized carbons (Fsp3) is 0.545. The van der Waals surface area contributed by atoms with Crippen LogP contribution in [0, 0.1) is 0 Å². The lowest BCUT2D eigenvalue weighted by atomic mass is 9.98. The van der Waals surface area contributed by atoms with Crippen LogP contribution in [0.1, 0.15) is 86.0 Å². The van der Waals surface area contributed by atoms with Crippen molar-refractivity contribution in [1.82, 2.24) is 9.97 Å². The molecule has 4 rings (SSSR count). The van der Waals surface area contributed by atoms with Crippen molar-refractivity contribution in [2.75, 3.05) is 0 Å². The molecular weight excluding hydrogens is 330 g/mol. The van der Waals surface area contributed by atoms with E-state index in [0.717, 1.165) is 11.1 Å². The van der Waals surface area contributed by atoms with E-state index in [4.69, 9.17) is 0 Å². The Kier molecular flexibility index (Phi) is 5.40. The van der Waals surface area contributed by atoms with E-state index in [0.29, 0.717) is 18.3 Å². The summed E-state index contributed by atoms with van der Waals surface area (Å²) >= 11 is 0. The monoisotopic (exact) mass is 358 g/mol. The fourth-order valence-electron chi connectivity index (χ4n) is 3.80. The first-order valence-corrected chi connectivity index (χ1v) is 9.63. The van der Waals surface area contributed by atoms with Gasteiger partial charge in [-0.3, -0.25) is 9.97 Å². The van der Waals surface area contributed by atoms with Gasteiger partial charge in [-0.05, 0) is 65.8 Å². The Labute approximate surface area is 155 Å². The third-order valence-corrected chi connectivity index (χ3v) is 5.35. The number of rotatable bonds is 2. The van der Waals surface area contributed by atoms with E-state index in [1.165, 1.54) is 36.1 Å². The molecule has 2 aliphatic rings. The lowest BCUT2D eigenvalue weighted by Crippen LogP contribution is -2.10. The van der Waals surface area contributed by atoms with Gasteiger partial charge in [0.15, 0.2) is 0 Å². The van der Waals surface area contributed by atoms with E-state index in [2.05, 4.69) is 29.9 Å². The first-order chi connectivity index (χ1) is 12.3. The predicted molar refractivity (Wildman–Crippen MR) is 101 cm³/mol. The van der Waals surface area contributed by atoms with Crippen LogP contribution >= 0.6 is 0 Å². The Bertz CT molecular complexity index is 782. The van der Waals surface area contributed by atoms with Crippen LogP contribution in [0.4, 0.5) is 8.78 Å². The van der Waals surface area contributed by atoms with Crippen molar-refractivity contribution in [3.05, 3.63) is 58.2 Å². The van der Waals surface area contributed by atoms with E-state index in [1.807, 2.05) is 26.1 Å². The van der Waals surface area contributed by atoms with Crippen molar-refractivity contribution in [1.29, 1.82) is 0 Å². The average Bonchev–Trinajstić information content (AvgIpc) is 3.19. The molecule has 0 saturated carbocycles. The summed E-state index contributed by atoms with van der Waals surface area (Å²) in [6.07, 6.45) is 7.63.